The molecule has 0 heterocycles. The Bertz CT molecular complexity index is 5200. The van der Waals surface area contributed by atoms with E-state index in [4.69, 9.17) is 64.6 Å². The summed E-state index contributed by atoms with van der Waals surface area (Å²) in [7, 11) is 0. The van der Waals surface area contributed by atoms with E-state index in [0.29, 0.717) is 32.9 Å². The summed E-state index contributed by atoms with van der Waals surface area (Å²) in [5.41, 5.74) is 37.8. The maximum Gasteiger partial charge on any atom is 0.130 e. The highest BCUT2D eigenvalue weighted by molar-refractivity contribution is 5.78. The first-order valence-corrected chi connectivity index (χ1v) is 52.5. The highest BCUT2D eigenvalue weighted by Crippen LogP contribution is 2.40. The van der Waals surface area contributed by atoms with Gasteiger partial charge in [-0.05, 0) is 268 Å². The predicted octanol–water partition coefficient (Wildman–Crippen LogP) is 33.4. The Morgan fingerprint density at radius 1 is 0.167 bits per heavy atom. The van der Waals surface area contributed by atoms with Crippen LogP contribution in [-0.2, 0) is 6.61 Å². The van der Waals surface area contributed by atoms with E-state index in [0.717, 1.165) is 245 Å². The molecule has 0 bridgehead atoms. The number of hydrogen-bond acceptors (Lipinski definition) is 13. The summed E-state index contributed by atoms with van der Waals surface area (Å²) in [6.45, 7) is 28.8. The molecule has 13 nitrogen and oxygen atoms in total. The first-order chi connectivity index (χ1) is 67.8. The zero-order valence-corrected chi connectivity index (χ0v) is 85.3. The molecular weight excluding hydrogens is 1700 g/mol. The number of rotatable bonds is 62. The fourth-order valence-corrected chi connectivity index (χ4v) is 15.9. The second-order valence-electron chi connectivity index (χ2n) is 36.3. The summed E-state index contributed by atoms with van der Waals surface area (Å²) in [5.74, 6) is 9.04. The van der Waals surface area contributed by atoms with Crippen molar-refractivity contribution in [3.63, 3.8) is 0 Å². The minimum absolute atomic E-state index is 0.572. The molecule has 0 atom stereocenters. The van der Waals surface area contributed by atoms with Crippen LogP contribution in [0.4, 0.5) is 0 Å². The van der Waals surface area contributed by atoms with E-state index in [2.05, 4.69) is 305 Å². The minimum Gasteiger partial charge on any atom is -0.494 e. The SMILES string of the molecule is CCCCCCCCCCCCCOc1cc(OCCCC)ccc1-c1ccc(-c2ccc(OCCCCC)cc2)cc1.CCCCCOc1ccc(-c2ccc(-c3ccc(C)cc3OCCCCN)cc2)cc1.CCCCCOc1ccc(-c2ccc(-c3ccc(OCCCC)cc3OCCCN)cc2)cc1.Cc1ccc(COc2ccc(-c3ccc(C)cc3OCCCCCCN)cc2)cc1. The Morgan fingerprint density at radius 3 is 0.710 bits per heavy atom. The van der Waals surface area contributed by atoms with Gasteiger partial charge in [0.2, 0.25) is 0 Å². The lowest BCUT2D eigenvalue weighted by molar-refractivity contribution is 0.292. The first kappa shape index (κ1) is 110. The zero-order chi connectivity index (χ0) is 97.5. The molecule has 0 aliphatic rings. The molecule has 0 saturated heterocycles. The van der Waals surface area contributed by atoms with E-state index in [1.54, 1.807) is 0 Å². The van der Waals surface area contributed by atoms with Gasteiger partial charge in [-0.25, -0.2) is 0 Å². The third kappa shape index (κ3) is 41.3. The van der Waals surface area contributed by atoms with Crippen LogP contribution < -0.4 is 64.6 Å². The van der Waals surface area contributed by atoms with E-state index < -0.39 is 0 Å². The van der Waals surface area contributed by atoms with Gasteiger partial charge in [0.25, 0.3) is 0 Å². The lowest BCUT2D eigenvalue weighted by Crippen LogP contribution is -2.07. The number of aryl methyl sites for hydroxylation is 3. The second-order valence-corrected chi connectivity index (χ2v) is 36.3. The average molecular weight is 1870 g/mol. The quantitative estimate of drug-likeness (QED) is 0.0308. The van der Waals surface area contributed by atoms with Gasteiger partial charge in [0.1, 0.15) is 64.1 Å². The molecular formula is C125H165N3O10. The molecule has 0 radical (unpaired) electrons. The maximum atomic E-state index is 6.40. The van der Waals surface area contributed by atoms with Crippen LogP contribution in [0.2, 0.25) is 0 Å². The summed E-state index contributed by atoms with van der Waals surface area (Å²) < 4.78 is 60.1. The lowest BCUT2D eigenvalue weighted by atomic mass is 9.99. The maximum absolute atomic E-state index is 6.40. The van der Waals surface area contributed by atoms with Crippen LogP contribution >= 0.6 is 0 Å². The molecule has 0 aliphatic heterocycles. The van der Waals surface area contributed by atoms with Crippen LogP contribution in [0.5, 0.6) is 57.5 Å². The fraction of sp³-hybridized carbons (Fsp3) is 0.424. The minimum atomic E-state index is 0.572. The Morgan fingerprint density at radius 2 is 0.377 bits per heavy atom. The summed E-state index contributed by atoms with van der Waals surface area (Å²) in [4.78, 5) is 0. The number of hydrogen-bond donors (Lipinski definition) is 3. The summed E-state index contributed by atoms with van der Waals surface area (Å²) in [6.07, 6.45) is 36.9. The van der Waals surface area contributed by atoms with Crippen molar-refractivity contribution in [3.05, 3.63) is 289 Å². The molecule has 138 heavy (non-hydrogen) atoms. The van der Waals surface area contributed by atoms with E-state index >= 15 is 0 Å². The van der Waals surface area contributed by atoms with Gasteiger partial charge in [0, 0.05) is 34.4 Å². The van der Waals surface area contributed by atoms with Gasteiger partial charge in [-0.2, -0.15) is 0 Å². The number of unbranched alkanes of at least 4 members (excludes halogenated alkanes) is 22. The van der Waals surface area contributed by atoms with E-state index in [9.17, 15) is 0 Å². The van der Waals surface area contributed by atoms with Gasteiger partial charge in [-0.1, -0.05) is 345 Å². The standard InChI is InChI=1S/C40H58O3.C30H39NO3.C28H35NO2.C27H33NO2/c1-4-7-10-11-12-13-14-15-16-17-19-32-43-40-33-38(42-30-9-6-3)28-29-39(40)36-22-20-34(21-23-36)35-24-26-37(27-25-35)41-31-18-8-5-2;1-3-5-7-21-32-27-15-13-25(14-16-27)24-9-11-26(12-10-24)29-18-17-28(33-20-6-4-2)23-30(29)34-22-8-19-31;1-3-4-6-19-30-26-15-13-24(14-16-26)23-9-11-25(12-10-23)27-17-8-22(2)21-28(27)31-20-7-5-18-29;1-21-7-10-23(11-8-21)20-30-25-14-12-24(13-15-25)26-16-9-22(2)19-27(26)29-18-6-4-3-5-17-28/h20-29,33H,4-19,30-32H2,1-3H3;9-18,23H,3-8,19-22,31H2,1-2H3;8-17,21H,3-7,18-20,29H2,1-2H3;7-16,19H,3-6,17-18,20,28H2,1-2H3. The van der Waals surface area contributed by atoms with Crippen LogP contribution in [-0.4, -0.2) is 79.1 Å². The zero-order valence-electron chi connectivity index (χ0n) is 85.3. The molecule has 6 N–H and O–H groups in total. The monoisotopic (exact) mass is 1870 g/mol. The molecule has 0 amide bonds. The second kappa shape index (κ2) is 66.9. The molecule has 0 aromatic heterocycles. The van der Waals surface area contributed by atoms with Crippen molar-refractivity contribution < 1.29 is 47.4 Å². The predicted molar refractivity (Wildman–Crippen MR) is 583 cm³/mol. The van der Waals surface area contributed by atoms with Gasteiger partial charge in [0.05, 0.1) is 59.5 Å². The van der Waals surface area contributed by atoms with Crippen molar-refractivity contribution >= 4 is 0 Å². The van der Waals surface area contributed by atoms with Crippen molar-refractivity contribution in [2.45, 2.75) is 268 Å². The van der Waals surface area contributed by atoms with E-state index in [-0.39, 0.29) is 0 Å². The summed E-state index contributed by atoms with van der Waals surface area (Å²) in [5, 5.41) is 0. The molecule has 0 fully saturated rings. The van der Waals surface area contributed by atoms with Crippen molar-refractivity contribution in [2.75, 3.05) is 79.1 Å². The van der Waals surface area contributed by atoms with Crippen LogP contribution in [0, 0.1) is 20.8 Å². The van der Waals surface area contributed by atoms with Crippen molar-refractivity contribution in [1.29, 1.82) is 0 Å². The highest BCUT2D eigenvalue weighted by Gasteiger charge is 2.17. The molecule has 13 heteroatoms. The average Bonchev–Trinajstić information content (AvgIpc) is 0.833. The van der Waals surface area contributed by atoms with E-state index in [1.807, 2.05) is 24.3 Å². The summed E-state index contributed by atoms with van der Waals surface area (Å²) >= 11 is 0. The highest BCUT2D eigenvalue weighted by atomic mass is 16.5. The van der Waals surface area contributed by atoms with Crippen LogP contribution in [0.25, 0.3) is 77.9 Å². The number of ether oxygens (including phenoxy) is 10. The first-order valence-electron chi connectivity index (χ1n) is 52.5. The lowest BCUT2D eigenvalue weighted by Gasteiger charge is -2.15. The molecule has 12 aromatic carbocycles. The van der Waals surface area contributed by atoms with Gasteiger partial charge in [-0.3, -0.25) is 0 Å². The smallest absolute Gasteiger partial charge is 0.130 e. The third-order valence-corrected chi connectivity index (χ3v) is 24.4. The van der Waals surface area contributed by atoms with Gasteiger partial charge >= 0.3 is 0 Å². The largest absolute Gasteiger partial charge is 0.494 e. The normalized spacial score (nSPS) is 10.9. The Kier molecular flexibility index (Phi) is 53.4. The summed E-state index contributed by atoms with van der Waals surface area (Å²) in [6, 6.07) is 93.1. The third-order valence-electron chi connectivity index (χ3n) is 24.4. The van der Waals surface area contributed by atoms with Gasteiger partial charge < -0.3 is 64.6 Å². The Balaban J connectivity index is 0.000000208. The molecule has 0 spiro atoms. The topological polar surface area (TPSA) is 170 Å². The van der Waals surface area contributed by atoms with Crippen LogP contribution in [0.15, 0.2) is 267 Å². The van der Waals surface area contributed by atoms with Crippen LogP contribution in [0.3, 0.4) is 0 Å². The van der Waals surface area contributed by atoms with Crippen LogP contribution in [0.1, 0.15) is 263 Å². The molecule has 740 valence electrons. The Labute approximate surface area is 831 Å². The number of nitrogens with two attached hydrogens (primary N) is 3. The molecule has 12 aromatic rings. The molecule has 0 aliphatic carbocycles. The van der Waals surface area contributed by atoms with Crippen molar-refractivity contribution in [2.24, 2.45) is 17.2 Å². The fourth-order valence-electron chi connectivity index (χ4n) is 15.9. The molecule has 12 rings (SSSR count). The van der Waals surface area contributed by atoms with Gasteiger partial charge in [-0.15, -0.1) is 0 Å². The number of benzene rings is 12. The van der Waals surface area contributed by atoms with Crippen molar-refractivity contribution in [3.8, 4) is 135 Å². The van der Waals surface area contributed by atoms with Crippen molar-refractivity contribution in [1.82, 2.24) is 0 Å². The molecule has 0 saturated carbocycles. The van der Waals surface area contributed by atoms with E-state index in [1.165, 1.54) is 165 Å². The molecule has 0 unspecified atom stereocenters. The van der Waals surface area contributed by atoms with Gasteiger partial charge in [0.15, 0.2) is 0 Å². The Hall–Kier alpha value is -11.5.